The van der Waals surface area contributed by atoms with Gasteiger partial charge in [0.05, 0.1) is 5.70 Å². The van der Waals surface area contributed by atoms with Gasteiger partial charge in [0.15, 0.2) is 0 Å². The van der Waals surface area contributed by atoms with Gasteiger partial charge in [0, 0.05) is 12.0 Å². The van der Waals surface area contributed by atoms with Crippen molar-refractivity contribution in [3.63, 3.8) is 0 Å². The molecule has 1 aliphatic heterocycles. The zero-order chi connectivity index (χ0) is 11.8. The normalized spacial score (nSPS) is 14.4. The number of rotatable bonds is 6. The van der Waals surface area contributed by atoms with Crippen LogP contribution in [0.1, 0.15) is 26.2 Å². The average Bonchev–Trinajstić information content (AvgIpc) is 2.27. The second-order valence-electron chi connectivity index (χ2n) is 3.20. The van der Waals surface area contributed by atoms with E-state index in [1.165, 1.54) is 11.9 Å². The van der Waals surface area contributed by atoms with Crippen molar-refractivity contribution < 1.29 is 8.78 Å². The van der Waals surface area contributed by atoms with E-state index in [0.717, 1.165) is 24.6 Å². The first kappa shape index (κ1) is 13.0. The van der Waals surface area contributed by atoms with E-state index in [-0.39, 0.29) is 0 Å². The summed E-state index contributed by atoms with van der Waals surface area (Å²) in [5.41, 5.74) is 4.03. The standard InChI is InChI=1S/C10H15F2N3S/c1-2-4-9-7-14-15(8-13-9)16-6-3-5-10(11)12/h5,7-8,14H,2-4,6H2,1H3. The number of nitrogens with one attached hydrogen (secondary N) is 1. The molecule has 0 saturated heterocycles. The van der Waals surface area contributed by atoms with Gasteiger partial charge in [-0.25, -0.2) is 9.41 Å². The Hall–Kier alpha value is -1.04. The quantitative estimate of drug-likeness (QED) is 0.576. The highest BCUT2D eigenvalue weighted by atomic mass is 32.2. The summed E-state index contributed by atoms with van der Waals surface area (Å²) in [6.45, 7) is 2.09. The van der Waals surface area contributed by atoms with Crippen molar-refractivity contribution >= 4 is 18.3 Å². The predicted octanol–water partition coefficient (Wildman–Crippen LogP) is 3.30. The van der Waals surface area contributed by atoms with Crippen LogP contribution in [0.3, 0.4) is 0 Å². The molecule has 0 spiro atoms. The second-order valence-corrected chi connectivity index (χ2v) is 4.26. The van der Waals surface area contributed by atoms with E-state index < -0.39 is 6.08 Å². The molecule has 3 nitrogen and oxygen atoms in total. The summed E-state index contributed by atoms with van der Waals surface area (Å²) in [6.07, 6.45) is 5.16. The summed E-state index contributed by atoms with van der Waals surface area (Å²) in [7, 11) is 0. The average molecular weight is 247 g/mol. The van der Waals surface area contributed by atoms with E-state index >= 15 is 0 Å². The molecule has 0 aromatic rings. The van der Waals surface area contributed by atoms with Crippen LogP contribution in [0.5, 0.6) is 0 Å². The molecule has 0 fully saturated rings. The van der Waals surface area contributed by atoms with E-state index in [9.17, 15) is 8.78 Å². The molecule has 16 heavy (non-hydrogen) atoms. The third kappa shape index (κ3) is 5.16. The number of hydrogen-bond donors (Lipinski definition) is 1. The van der Waals surface area contributed by atoms with Crippen LogP contribution in [-0.4, -0.2) is 16.5 Å². The van der Waals surface area contributed by atoms with Gasteiger partial charge in [0.2, 0.25) is 0 Å². The third-order valence-electron chi connectivity index (χ3n) is 1.84. The first-order valence-electron chi connectivity index (χ1n) is 5.15. The molecule has 6 heteroatoms. The molecule has 0 atom stereocenters. The van der Waals surface area contributed by atoms with Crippen LogP contribution in [0, 0.1) is 0 Å². The van der Waals surface area contributed by atoms with E-state index in [1.807, 2.05) is 6.20 Å². The Labute approximate surface area is 98.4 Å². The lowest BCUT2D eigenvalue weighted by Gasteiger charge is -2.21. The fraction of sp³-hybridized carbons (Fsp3) is 0.500. The summed E-state index contributed by atoms with van der Waals surface area (Å²) in [5.74, 6) is 0.591. The van der Waals surface area contributed by atoms with Gasteiger partial charge in [-0.2, -0.15) is 8.78 Å². The highest BCUT2D eigenvalue weighted by Gasteiger charge is 2.04. The molecule has 1 N–H and O–H groups in total. The summed E-state index contributed by atoms with van der Waals surface area (Å²) in [4.78, 5) is 4.23. The fourth-order valence-corrected chi connectivity index (χ4v) is 1.78. The number of halogens is 2. The predicted molar refractivity (Wildman–Crippen MR) is 63.8 cm³/mol. The van der Waals surface area contributed by atoms with Crippen molar-refractivity contribution in [2.24, 2.45) is 4.99 Å². The molecule has 0 aliphatic carbocycles. The fourth-order valence-electron chi connectivity index (χ4n) is 1.12. The monoisotopic (exact) mass is 247 g/mol. The highest BCUT2D eigenvalue weighted by molar-refractivity contribution is 7.97. The van der Waals surface area contributed by atoms with Crippen LogP contribution >= 0.6 is 11.9 Å². The molecule has 1 heterocycles. The minimum absolute atomic E-state index is 0.352. The highest BCUT2D eigenvalue weighted by Crippen LogP contribution is 2.14. The second kappa shape index (κ2) is 7.27. The Morgan fingerprint density at radius 1 is 1.62 bits per heavy atom. The van der Waals surface area contributed by atoms with Gasteiger partial charge in [-0.1, -0.05) is 13.3 Å². The molecule has 90 valence electrons. The SMILES string of the molecule is CCCC1=CNN(SCCC=C(F)F)C=N1. The Kier molecular flexibility index (Phi) is 5.92. The lowest BCUT2D eigenvalue weighted by Crippen LogP contribution is -2.29. The Morgan fingerprint density at radius 2 is 2.44 bits per heavy atom. The molecule has 0 amide bonds. The molecular weight excluding hydrogens is 232 g/mol. The molecule has 0 saturated carbocycles. The maximum Gasteiger partial charge on any atom is 0.266 e. The molecule has 0 aromatic heterocycles. The van der Waals surface area contributed by atoms with Crippen LogP contribution in [0.25, 0.3) is 0 Å². The minimum Gasteiger partial charge on any atom is -0.293 e. The van der Waals surface area contributed by atoms with Gasteiger partial charge in [0.1, 0.15) is 6.34 Å². The van der Waals surface area contributed by atoms with Gasteiger partial charge in [-0.3, -0.25) is 5.43 Å². The van der Waals surface area contributed by atoms with Crippen molar-refractivity contribution in [2.45, 2.75) is 26.2 Å². The van der Waals surface area contributed by atoms with Crippen molar-refractivity contribution in [1.29, 1.82) is 0 Å². The summed E-state index contributed by atoms with van der Waals surface area (Å²) in [5, 5.41) is 0. The summed E-state index contributed by atoms with van der Waals surface area (Å²) in [6, 6.07) is 0. The van der Waals surface area contributed by atoms with Crippen LogP contribution < -0.4 is 5.43 Å². The van der Waals surface area contributed by atoms with Gasteiger partial charge < -0.3 is 0 Å². The van der Waals surface area contributed by atoms with Crippen LogP contribution in [0.4, 0.5) is 8.78 Å². The van der Waals surface area contributed by atoms with Crippen molar-refractivity contribution in [3.05, 3.63) is 24.1 Å². The molecule has 1 rings (SSSR count). The maximum absolute atomic E-state index is 11.7. The minimum atomic E-state index is -1.62. The van der Waals surface area contributed by atoms with Crippen LogP contribution in [0.2, 0.25) is 0 Å². The van der Waals surface area contributed by atoms with Gasteiger partial charge in [-0.15, -0.1) is 0 Å². The number of hydrogen-bond acceptors (Lipinski definition) is 4. The Balaban J connectivity index is 2.18. The van der Waals surface area contributed by atoms with Gasteiger partial charge >= 0.3 is 0 Å². The summed E-state index contributed by atoms with van der Waals surface area (Å²) < 4.78 is 25.2. The number of nitrogens with zero attached hydrogens (tertiary/aromatic N) is 2. The van der Waals surface area contributed by atoms with E-state index in [4.69, 9.17) is 0 Å². The largest absolute Gasteiger partial charge is 0.293 e. The topological polar surface area (TPSA) is 27.6 Å². The molecule has 0 radical (unpaired) electrons. The van der Waals surface area contributed by atoms with Gasteiger partial charge in [0.25, 0.3) is 6.08 Å². The molecule has 0 bridgehead atoms. The zero-order valence-electron chi connectivity index (χ0n) is 9.12. The molecule has 0 aromatic carbocycles. The van der Waals surface area contributed by atoms with E-state index in [1.54, 1.807) is 10.8 Å². The third-order valence-corrected chi connectivity index (χ3v) is 2.74. The lowest BCUT2D eigenvalue weighted by atomic mass is 10.3. The van der Waals surface area contributed by atoms with E-state index in [2.05, 4.69) is 17.3 Å². The summed E-state index contributed by atoms with van der Waals surface area (Å²) >= 11 is 1.41. The first-order valence-corrected chi connectivity index (χ1v) is 6.09. The zero-order valence-corrected chi connectivity index (χ0v) is 9.94. The lowest BCUT2D eigenvalue weighted by molar-refractivity contribution is 0.418. The molecular formula is C10H15F2N3S. The van der Waals surface area contributed by atoms with Gasteiger partial charge in [-0.05, 0) is 30.9 Å². The molecule has 1 aliphatic rings. The molecule has 0 unspecified atom stereocenters. The maximum atomic E-state index is 11.7. The van der Waals surface area contributed by atoms with Crippen LogP contribution in [0.15, 0.2) is 29.0 Å². The van der Waals surface area contributed by atoms with Crippen molar-refractivity contribution in [3.8, 4) is 0 Å². The Bertz CT molecular complexity index is 298. The number of allylic oxidation sites excluding steroid dienone is 2. The first-order chi connectivity index (χ1) is 7.72. The van der Waals surface area contributed by atoms with Crippen LogP contribution in [-0.2, 0) is 0 Å². The smallest absolute Gasteiger partial charge is 0.266 e. The number of aliphatic imine (C=N–C) groups is 1. The van der Waals surface area contributed by atoms with E-state index in [0.29, 0.717) is 12.2 Å². The van der Waals surface area contributed by atoms with Crippen molar-refractivity contribution in [2.75, 3.05) is 5.75 Å². The number of hydrazine groups is 1. The van der Waals surface area contributed by atoms with Crippen molar-refractivity contribution in [1.82, 2.24) is 9.84 Å². The Morgan fingerprint density at radius 3 is 3.00 bits per heavy atom.